The maximum atomic E-state index is 12.3. The number of aliphatic carboxylic acids is 1. The summed E-state index contributed by atoms with van der Waals surface area (Å²) in [7, 11) is 0. The number of anilines is 1. The summed E-state index contributed by atoms with van der Waals surface area (Å²) in [5.41, 5.74) is 0.879. The second kappa shape index (κ2) is 5.96. The van der Waals surface area contributed by atoms with Gasteiger partial charge >= 0.3 is 5.97 Å². The molecule has 0 saturated carbocycles. The van der Waals surface area contributed by atoms with Crippen LogP contribution in [-0.2, 0) is 11.3 Å². The molecule has 0 aliphatic heterocycles. The van der Waals surface area contributed by atoms with Gasteiger partial charge in [0.2, 0.25) is 0 Å². The van der Waals surface area contributed by atoms with Crippen molar-refractivity contribution in [3.05, 3.63) is 42.2 Å². The first-order chi connectivity index (χ1) is 9.61. The molecule has 0 radical (unpaired) electrons. The number of nitrogens with zero attached hydrogens (tertiary/aromatic N) is 4. The Kier molecular flexibility index (Phi) is 4.09. The van der Waals surface area contributed by atoms with E-state index in [0.717, 1.165) is 10.4 Å². The molecule has 1 amide bonds. The van der Waals surface area contributed by atoms with Crippen molar-refractivity contribution in [2.45, 2.75) is 13.5 Å². The van der Waals surface area contributed by atoms with Crippen LogP contribution < -0.4 is 4.90 Å². The standard InChI is InChI=1S/C13H14N4O3/c1-2-17(10-6-4-3-5-7-10)13(20)11-8-16(15-14-11)9-12(18)19/h3-8H,2,9H2,1H3,(H,18,19). The van der Waals surface area contributed by atoms with Gasteiger partial charge in [-0.2, -0.15) is 0 Å². The molecular weight excluding hydrogens is 260 g/mol. The number of carboxylic acids is 1. The first-order valence-electron chi connectivity index (χ1n) is 6.10. The van der Waals surface area contributed by atoms with Crippen LogP contribution in [0.1, 0.15) is 17.4 Å². The lowest BCUT2D eigenvalue weighted by molar-refractivity contribution is -0.137. The molecule has 1 heterocycles. The van der Waals surface area contributed by atoms with E-state index in [0.29, 0.717) is 6.54 Å². The van der Waals surface area contributed by atoms with Crippen molar-refractivity contribution in [3.63, 3.8) is 0 Å². The molecule has 0 fully saturated rings. The van der Waals surface area contributed by atoms with E-state index < -0.39 is 5.97 Å². The molecule has 1 N–H and O–H groups in total. The van der Waals surface area contributed by atoms with E-state index in [1.807, 2.05) is 37.3 Å². The Morgan fingerprint density at radius 3 is 2.60 bits per heavy atom. The van der Waals surface area contributed by atoms with Crippen LogP contribution in [0, 0.1) is 0 Å². The van der Waals surface area contributed by atoms with Gasteiger partial charge < -0.3 is 10.0 Å². The van der Waals surface area contributed by atoms with Gasteiger partial charge in [0, 0.05) is 12.2 Å². The van der Waals surface area contributed by atoms with Gasteiger partial charge in [0.1, 0.15) is 6.54 Å². The molecule has 1 aromatic heterocycles. The lowest BCUT2D eigenvalue weighted by Crippen LogP contribution is -2.30. The molecule has 0 bridgehead atoms. The van der Waals surface area contributed by atoms with Crippen molar-refractivity contribution in [1.29, 1.82) is 0 Å². The molecular formula is C13H14N4O3. The van der Waals surface area contributed by atoms with Gasteiger partial charge in [-0.1, -0.05) is 23.4 Å². The van der Waals surface area contributed by atoms with Crippen LogP contribution in [0.15, 0.2) is 36.5 Å². The average Bonchev–Trinajstić information content (AvgIpc) is 2.88. The van der Waals surface area contributed by atoms with E-state index in [-0.39, 0.29) is 18.1 Å². The fraction of sp³-hybridized carbons (Fsp3) is 0.231. The number of rotatable bonds is 5. The second-order valence-corrected chi connectivity index (χ2v) is 4.08. The maximum absolute atomic E-state index is 12.3. The van der Waals surface area contributed by atoms with Gasteiger partial charge in [-0.25, -0.2) is 4.68 Å². The fourth-order valence-electron chi connectivity index (χ4n) is 1.80. The van der Waals surface area contributed by atoms with Gasteiger partial charge in [-0.15, -0.1) is 5.10 Å². The quantitative estimate of drug-likeness (QED) is 0.879. The summed E-state index contributed by atoms with van der Waals surface area (Å²) in [6, 6.07) is 9.19. The molecule has 7 heteroatoms. The molecule has 2 rings (SSSR count). The molecule has 0 aliphatic rings. The predicted molar refractivity (Wildman–Crippen MR) is 71.5 cm³/mol. The Morgan fingerprint density at radius 1 is 1.30 bits per heavy atom. The number of carbonyl (C=O) groups is 2. The topological polar surface area (TPSA) is 88.3 Å². The minimum absolute atomic E-state index is 0.122. The summed E-state index contributed by atoms with van der Waals surface area (Å²) in [5, 5.41) is 16.0. The monoisotopic (exact) mass is 274 g/mol. The number of benzene rings is 1. The number of amides is 1. The SMILES string of the molecule is CCN(C(=O)c1cn(CC(=O)O)nn1)c1ccccc1. The van der Waals surface area contributed by atoms with Crippen LogP contribution in [-0.4, -0.2) is 38.5 Å². The highest BCUT2D eigenvalue weighted by Gasteiger charge is 2.19. The third kappa shape index (κ3) is 3.00. The van der Waals surface area contributed by atoms with E-state index in [2.05, 4.69) is 10.3 Å². The molecule has 0 aliphatic carbocycles. The van der Waals surface area contributed by atoms with E-state index in [1.165, 1.54) is 6.20 Å². The molecule has 1 aromatic carbocycles. The Labute approximate surface area is 115 Å². The molecule has 20 heavy (non-hydrogen) atoms. The van der Waals surface area contributed by atoms with Gasteiger partial charge in [0.25, 0.3) is 5.91 Å². The predicted octanol–water partition coefficient (Wildman–Crippen LogP) is 1.03. The summed E-state index contributed by atoms with van der Waals surface area (Å²) in [5.74, 6) is -1.35. The largest absolute Gasteiger partial charge is 0.480 e. The number of hydrogen-bond acceptors (Lipinski definition) is 4. The molecule has 104 valence electrons. The first-order valence-corrected chi connectivity index (χ1v) is 6.10. The summed E-state index contributed by atoms with van der Waals surface area (Å²) in [6.07, 6.45) is 1.34. The number of aromatic nitrogens is 3. The summed E-state index contributed by atoms with van der Waals surface area (Å²) >= 11 is 0. The van der Waals surface area contributed by atoms with Crippen molar-refractivity contribution in [2.75, 3.05) is 11.4 Å². The van der Waals surface area contributed by atoms with Gasteiger partial charge in [-0.05, 0) is 19.1 Å². The fourth-order valence-corrected chi connectivity index (χ4v) is 1.80. The lowest BCUT2D eigenvalue weighted by atomic mass is 10.2. The normalized spacial score (nSPS) is 10.2. The lowest BCUT2D eigenvalue weighted by Gasteiger charge is -2.19. The summed E-state index contributed by atoms with van der Waals surface area (Å²) in [4.78, 5) is 24.5. The minimum atomic E-state index is -1.04. The molecule has 0 spiro atoms. The highest BCUT2D eigenvalue weighted by Crippen LogP contribution is 2.15. The summed E-state index contributed by atoms with van der Waals surface area (Å²) in [6.45, 7) is 2.01. The highest BCUT2D eigenvalue weighted by atomic mass is 16.4. The molecule has 7 nitrogen and oxygen atoms in total. The van der Waals surface area contributed by atoms with Gasteiger partial charge in [0.15, 0.2) is 5.69 Å². The molecule has 2 aromatic rings. The third-order valence-electron chi connectivity index (χ3n) is 2.68. The zero-order valence-electron chi connectivity index (χ0n) is 10.9. The Hall–Kier alpha value is -2.70. The minimum Gasteiger partial charge on any atom is -0.480 e. The number of hydrogen-bond donors (Lipinski definition) is 1. The van der Waals surface area contributed by atoms with Gasteiger partial charge in [-0.3, -0.25) is 9.59 Å². The van der Waals surface area contributed by atoms with Crippen LogP contribution in [0.3, 0.4) is 0 Å². The number of carboxylic acid groups (broad SMARTS) is 1. The zero-order chi connectivity index (χ0) is 14.5. The molecule has 0 saturated heterocycles. The second-order valence-electron chi connectivity index (χ2n) is 4.08. The number of carbonyl (C=O) groups excluding carboxylic acids is 1. The summed E-state index contributed by atoms with van der Waals surface area (Å²) < 4.78 is 1.12. The van der Waals surface area contributed by atoms with Crippen LogP contribution >= 0.6 is 0 Å². The van der Waals surface area contributed by atoms with E-state index >= 15 is 0 Å². The Bertz CT molecular complexity index is 609. The maximum Gasteiger partial charge on any atom is 0.325 e. The zero-order valence-corrected chi connectivity index (χ0v) is 10.9. The third-order valence-corrected chi connectivity index (χ3v) is 2.68. The van der Waals surface area contributed by atoms with Crippen molar-refractivity contribution in [3.8, 4) is 0 Å². The molecule has 0 unspecified atom stereocenters. The smallest absolute Gasteiger partial charge is 0.325 e. The van der Waals surface area contributed by atoms with E-state index in [9.17, 15) is 9.59 Å². The molecule has 0 atom stereocenters. The van der Waals surface area contributed by atoms with Crippen LogP contribution in [0.2, 0.25) is 0 Å². The average molecular weight is 274 g/mol. The van der Waals surface area contributed by atoms with Crippen molar-refractivity contribution < 1.29 is 14.7 Å². The van der Waals surface area contributed by atoms with Crippen LogP contribution in [0.5, 0.6) is 0 Å². The van der Waals surface area contributed by atoms with Crippen molar-refractivity contribution >= 4 is 17.6 Å². The van der Waals surface area contributed by atoms with Gasteiger partial charge in [0.05, 0.1) is 6.20 Å². The first kappa shape index (κ1) is 13.7. The van der Waals surface area contributed by atoms with E-state index in [1.54, 1.807) is 4.90 Å². The Morgan fingerprint density at radius 2 is 2.00 bits per heavy atom. The number of para-hydroxylation sites is 1. The van der Waals surface area contributed by atoms with E-state index in [4.69, 9.17) is 5.11 Å². The van der Waals surface area contributed by atoms with Crippen LogP contribution in [0.25, 0.3) is 0 Å². The Balaban J connectivity index is 2.21. The van der Waals surface area contributed by atoms with Crippen molar-refractivity contribution in [2.24, 2.45) is 0 Å². The van der Waals surface area contributed by atoms with Crippen LogP contribution in [0.4, 0.5) is 5.69 Å². The van der Waals surface area contributed by atoms with Crippen molar-refractivity contribution in [1.82, 2.24) is 15.0 Å². The highest BCUT2D eigenvalue weighted by molar-refractivity contribution is 6.04.